The summed E-state index contributed by atoms with van der Waals surface area (Å²) in [6.45, 7) is 0.460. The summed E-state index contributed by atoms with van der Waals surface area (Å²) in [4.78, 5) is 13.2. The highest BCUT2D eigenvalue weighted by molar-refractivity contribution is 6.28. The van der Waals surface area contributed by atoms with E-state index in [4.69, 9.17) is 16.3 Å². The molecule has 2 rings (SSSR count). The first-order valence-corrected chi connectivity index (χ1v) is 6.05. The van der Waals surface area contributed by atoms with Crippen LogP contribution in [0.25, 0.3) is 0 Å². The molecule has 19 heavy (non-hydrogen) atoms. The molecule has 9 heteroatoms. The predicted octanol–water partition coefficient (Wildman–Crippen LogP) is 2.31. The normalized spacial score (nSPS) is 17.6. The lowest BCUT2D eigenvalue weighted by atomic mass is 9.96. The van der Waals surface area contributed by atoms with Crippen LogP contribution < -0.4 is 9.64 Å². The average molecular weight is 297 g/mol. The smallest absolute Gasteiger partial charge is 0.391 e. The molecule has 0 unspecified atom stereocenters. The number of nitrogens with zero attached hydrogens (tertiary/aromatic N) is 4. The highest BCUT2D eigenvalue weighted by atomic mass is 35.5. The fourth-order valence-electron chi connectivity index (χ4n) is 1.96. The summed E-state index contributed by atoms with van der Waals surface area (Å²) < 4.78 is 42.5. The van der Waals surface area contributed by atoms with Crippen molar-refractivity contribution in [2.24, 2.45) is 5.92 Å². The molecule has 0 N–H and O–H groups in total. The monoisotopic (exact) mass is 296 g/mol. The summed E-state index contributed by atoms with van der Waals surface area (Å²) in [6, 6.07) is 0.0490. The molecule has 1 aliphatic heterocycles. The van der Waals surface area contributed by atoms with Crippen LogP contribution in [0, 0.1) is 5.92 Å². The number of anilines is 1. The Bertz CT molecular complexity index is 449. The van der Waals surface area contributed by atoms with E-state index in [0.29, 0.717) is 0 Å². The van der Waals surface area contributed by atoms with Gasteiger partial charge in [0, 0.05) is 13.1 Å². The summed E-state index contributed by atoms with van der Waals surface area (Å²) in [5.41, 5.74) is 0. The minimum absolute atomic E-state index is 0.0229. The zero-order valence-electron chi connectivity index (χ0n) is 10.1. The molecule has 0 aromatic carbocycles. The number of ether oxygens (including phenoxy) is 1. The van der Waals surface area contributed by atoms with Crippen LogP contribution in [0.5, 0.6) is 6.01 Å². The third-order valence-electron chi connectivity index (χ3n) is 3.00. The van der Waals surface area contributed by atoms with Crippen molar-refractivity contribution in [3.05, 3.63) is 5.28 Å². The van der Waals surface area contributed by atoms with Crippen molar-refractivity contribution in [2.75, 3.05) is 25.1 Å². The molecule has 0 spiro atoms. The maximum atomic E-state index is 12.6. The molecule has 0 aliphatic carbocycles. The standard InChI is InChI=1S/C10H12ClF3N4O/c1-19-9-16-7(11)15-8(17-9)18-4-2-6(3-5-18)10(12,13)14/h6H,2-5H2,1H3. The van der Waals surface area contributed by atoms with Crippen LogP contribution in [0.3, 0.4) is 0 Å². The van der Waals surface area contributed by atoms with Crippen LogP contribution in [0.4, 0.5) is 19.1 Å². The van der Waals surface area contributed by atoms with Crippen molar-refractivity contribution in [1.82, 2.24) is 15.0 Å². The van der Waals surface area contributed by atoms with Gasteiger partial charge >= 0.3 is 12.2 Å². The number of halogens is 4. The Balaban J connectivity index is 2.07. The van der Waals surface area contributed by atoms with Crippen LogP contribution >= 0.6 is 11.6 Å². The maximum absolute atomic E-state index is 12.6. The molecule has 0 amide bonds. The van der Waals surface area contributed by atoms with Gasteiger partial charge in [0.15, 0.2) is 0 Å². The highest BCUT2D eigenvalue weighted by Crippen LogP contribution is 2.34. The van der Waals surface area contributed by atoms with Gasteiger partial charge in [0.25, 0.3) is 0 Å². The largest absolute Gasteiger partial charge is 0.467 e. The molecule has 1 fully saturated rings. The van der Waals surface area contributed by atoms with Gasteiger partial charge in [-0.2, -0.15) is 28.1 Å². The fourth-order valence-corrected chi connectivity index (χ4v) is 2.11. The quantitative estimate of drug-likeness (QED) is 0.838. The summed E-state index contributed by atoms with van der Waals surface area (Å²) >= 11 is 5.70. The van der Waals surface area contributed by atoms with Gasteiger partial charge in [-0.25, -0.2) is 0 Å². The van der Waals surface area contributed by atoms with Crippen LogP contribution in [0.15, 0.2) is 0 Å². The molecule has 0 saturated carbocycles. The van der Waals surface area contributed by atoms with Crippen LogP contribution in [0.1, 0.15) is 12.8 Å². The lowest BCUT2D eigenvalue weighted by Crippen LogP contribution is -2.39. The molecule has 0 atom stereocenters. The van der Waals surface area contributed by atoms with Crippen LogP contribution in [0.2, 0.25) is 5.28 Å². The molecule has 1 saturated heterocycles. The second-order valence-corrected chi connectivity index (χ2v) is 4.53. The van der Waals surface area contributed by atoms with Gasteiger partial charge in [-0.1, -0.05) is 0 Å². The minimum atomic E-state index is -4.14. The Morgan fingerprint density at radius 1 is 1.21 bits per heavy atom. The Morgan fingerprint density at radius 2 is 1.84 bits per heavy atom. The third kappa shape index (κ3) is 3.37. The first-order valence-electron chi connectivity index (χ1n) is 5.67. The molecule has 106 valence electrons. The van der Waals surface area contributed by atoms with Gasteiger partial charge in [-0.05, 0) is 24.4 Å². The van der Waals surface area contributed by atoms with E-state index in [9.17, 15) is 13.2 Å². The molecule has 0 radical (unpaired) electrons. The van der Waals surface area contributed by atoms with E-state index in [1.54, 1.807) is 4.90 Å². The lowest BCUT2D eigenvalue weighted by molar-refractivity contribution is -0.179. The zero-order valence-corrected chi connectivity index (χ0v) is 10.9. The second kappa shape index (κ2) is 5.36. The molecular formula is C10H12ClF3N4O. The van der Waals surface area contributed by atoms with E-state index < -0.39 is 12.1 Å². The topological polar surface area (TPSA) is 51.1 Å². The van der Waals surface area contributed by atoms with E-state index in [1.165, 1.54) is 7.11 Å². The van der Waals surface area contributed by atoms with Gasteiger partial charge in [-0.3, -0.25) is 0 Å². The number of methoxy groups -OCH3 is 1. The SMILES string of the molecule is COc1nc(Cl)nc(N2CCC(C(F)(F)F)CC2)n1. The maximum Gasteiger partial charge on any atom is 0.391 e. The Labute approximate surface area is 112 Å². The summed E-state index contributed by atoms with van der Waals surface area (Å²) in [5, 5.41) is -0.0419. The first kappa shape index (κ1) is 14.1. The van der Waals surface area contributed by atoms with Crippen molar-refractivity contribution in [2.45, 2.75) is 19.0 Å². The summed E-state index contributed by atoms with van der Waals surface area (Å²) in [6.07, 6.45) is -4.09. The predicted molar refractivity (Wildman–Crippen MR) is 62.4 cm³/mol. The van der Waals surface area contributed by atoms with Gasteiger partial charge in [0.05, 0.1) is 13.0 Å². The van der Waals surface area contributed by atoms with Gasteiger partial charge in [0.2, 0.25) is 11.2 Å². The number of hydrogen-bond acceptors (Lipinski definition) is 5. The molecular weight excluding hydrogens is 285 g/mol. The van der Waals surface area contributed by atoms with Gasteiger partial charge in [-0.15, -0.1) is 0 Å². The van der Waals surface area contributed by atoms with E-state index in [2.05, 4.69) is 15.0 Å². The van der Waals surface area contributed by atoms with Crippen LogP contribution in [-0.2, 0) is 0 Å². The molecule has 0 bridgehead atoms. The van der Waals surface area contributed by atoms with Crippen LogP contribution in [-0.4, -0.2) is 41.3 Å². The second-order valence-electron chi connectivity index (χ2n) is 4.19. The minimum Gasteiger partial charge on any atom is -0.467 e. The molecule has 2 heterocycles. The number of hydrogen-bond donors (Lipinski definition) is 0. The number of alkyl halides is 3. The summed E-state index contributed by atoms with van der Waals surface area (Å²) in [7, 11) is 1.38. The van der Waals surface area contributed by atoms with Crippen molar-refractivity contribution >= 4 is 17.5 Å². The number of aromatic nitrogens is 3. The number of rotatable bonds is 2. The average Bonchev–Trinajstić information content (AvgIpc) is 2.37. The lowest BCUT2D eigenvalue weighted by Gasteiger charge is -2.32. The number of piperidine rings is 1. The Hall–Kier alpha value is -1.31. The van der Waals surface area contributed by atoms with Gasteiger partial charge < -0.3 is 9.64 Å². The third-order valence-corrected chi connectivity index (χ3v) is 3.17. The first-order chi connectivity index (χ1) is 8.90. The molecule has 1 aliphatic rings. The summed E-state index contributed by atoms with van der Waals surface area (Å²) in [5.74, 6) is -1.01. The fraction of sp³-hybridized carbons (Fsp3) is 0.700. The molecule has 1 aromatic rings. The van der Waals surface area contributed by atoms with Crippen molar-refractivity contribution in [3.8, 4) is 6.01 Å². The van der Waals surface area contributed by atoms with E-state index in [-0.39, 0.29) is 43.2 Å². The Kier molecular flexibility index (Phi) is 3.98. The zero-order chi connectivity index (χ0) is 14.0. The van der Waals surface area contributed by atoms with Crippen molar-refractivity contribution < 1.29 is 17.9 Å². The highest BCUT2D eigenvalue weighted by Gasteiger charge is 2.41. The molecule has 5 nitrogen and oxygen atoms in total. The van der Waals surface area contributed by atoms with Crippen molar-refractivity contribution in [3.63, 3.8) is 0 Å². The Morgan fingerprint density at radius 3 is 2.37 bits per heavy atom. The molecule has 1 aromatic heterocycles. The van der Waals surface area contributed by atoms with Gasteiger partial charge in [0.1, 0.15) is 0 Å². The van der Waals surface area contributed by atoms with E-state index >= 15 is 0 Å². The van der Waals surface area contributed by atoms with E-state index in [0.717, 1.165) is 0 Å². The van der Waals surface area contributed by atoms with Crippen molar-refractivity contribution in [1.29, 1.82) is 0 Å². The van der Waals surface area contributed by atoms with E-state index in [1.807, 2.05) is 0 Å².